The van der Waals surface area contributed by atoms with Gasteiger partial charge >= 0.3 is 12.0 Å². The number of hydrogen-bond donors (Lipinski definition) is 3. The van der Waals surface area contributed by atoms with Gasteiger partial charge in [0, 0.05) is 11.3 Å². The molecule has 7 nitrogen and oxygen atoms in total. The van der Waals surface area contributed by atoms with E-state index in [1.807, 2.05) is 25.3 Å². The predicted octanol–water partition coefficient (Wildman–Crippen LogP) is 3.01. The van der Waals surface area contributed by atoms with Crippen molar-refractivity contribution in [3.63, 3.8) is 0 Å². The van der Waals surface area contributed by atoms with Crippen molar-refractivity contribution in [1.29, 1.82) is 0 Å². The van der Waals surface area contributed by atoms with Crippen LogP contribution in [0.25, 0.3) is 0 Å². The molecule has 0 heterocycles. The molecule has 0 saturated carbocycles. The number of anilines is 1. The molecule has 3 amide bonds. The normalized spacial score (nSPS) is 12.5. The van der Waals surface area contributed by atoms with Gasteiger partial charge in [0.25, 0.3) is 5.91 Å². The standard InChI is InChI=1S/C21H25N3O4S/c1-14-8-10-16(11-9-14)23-19(25)18(15-6-4-3-5-7-15)28-20(26)17(12-13-29-2)24-21(22)27/h3-11,17-18H,12-13H2,1-2H3,(H,23,25)(H3,22,24,27)/t17-,18-/m0/s1. The average molecular weight is 416 g/mol. The molecule has 29 heavy (non-hydrogen) atoms. The van der Waals surface area contributed by atoms with Gasteiger partial charge in [0.1, 0.15) is 6.04 Å². The summed E-state index contributed by atoms with van der Waals surface area (Å²) < 4.78 is 5.52. The predicted molar refractivity (Wildman–Crippen MR) is 115 cm³/mol. The number of urea groups is 1. The number of ether oxygens (including phenoxy) is 1. The number of nitrogens with one attached hydrogen (secondary N) is 2. The summed E-state index contributed by atoms with van der Waals surface area (Å²) in [5.41, 5.74) is 7.34. The molecule has 2 rings (SSSR count). The van der Waals surface area contributed by atoms with Gasteiger partial charge in [-0.1, -0.05) is 48.0 Å². The van der Waals surface area contributed by atoms with Crippen LogP contribution >= 0.6 is 11.8 Å². The Morgan fingerprint density at radius 1 is 1.07 bits per heavy atom. The van der Waals surface area contributed by atoms with E-state index in [-0.39, 0.29) is 0 Å². The number of aryl methyl sites for hydroxylation is 1. The van der Waals surface area contributed by atoms with Gasteiger partial charge in [0.2, 0.25) is 6.10 Å². The molecular formula is C21H25N3O4S. The van der Waals surface area contributed by atoms with E-state index < -0.39 is 30.1 Å². The summed E-state index contributed by atoms with van der Waals surface area (Å²) in [5.74, 6) is -0.590. The van der Waals surface area contributed by atoms with Crippen molar-refractivity contribution < 1.29 is 19.1 Å². The fraction of sp³-hybridized carbons (Fsp3) is 0.286. The first-order valence-electron chi connectivity index (χ1n) is 9.08. The largest absolute Gasteiger partial charge is 0.446 e. The molecule has 0 spiro atoms. The number of benzene rings is 2. The molecule has 0 aliphatic carbocycles. The Morgan fingerprint density at radius 3 is 2.31 bits per heavy atom. The van der Waals surface area contributed by atoms with Gasteiger partial charge in [-0.05, 0) is 37.5 Å². The van der Waals surface area contributed by atoms with Crippen LogP contribution in [0.5, 0.6) is 0 Å². The van der Waals surface area contributed by atoms with Crippen molar-refractivity contribution in [2.24, 2.45) is 5.73 Å². The molecule has 0 unspecified atom stereocenters. The summed E-state index contributed by atoms with van der Waals surface area (Å²) in [7, 11) is 0. The Balaban J connectivity index is 2.20. The van der Waals surface area contributed by atoms with E-state index in [0.717, 1.165) is 5.56 Å². The van der Waals surface area contributed by atoms with Crippen molar-refractivity contribution in [2.45, 2.75) is 25.5 Å². The first-order valence-corrected chi connectivity index (χ1v) is 10.5. The second kappa shape index (κ2) is 11.1. The number of amides is 3. The van der Waals surface area contributed by atoms with Crippen LogP contribution in [0.1, 0.15) is 23.7 Å². The Bertz CT molecular complexity index is 828. The van der Waals surface area contributed by atoms with E-state index >= 15 is 0 Å². The van der Waals surface area contributed by atoms with Gasteiger partial charge in [-0.25, -0.2) is 9.59 Å². The molecule has 2 aromatic rings. The second-order valence-electron chi connectivity index (χ2n) is 6.43. The number of primary amides is 1. The quantitative estimate of drug-likeness (QED) is 0.545. The van der Waals surface area contributed by atoms with E-state index in [1.165, 1.54) is 11.8 Å². The SMILES string of the molecule is CSCC[C@H](NC(N)=O)C(=O)O[C@H](C(=O)Nc1ccc(C)cc1)c1ccccc1. The molecule has 0 bridgehead atoms. The number of carbonyl (C=O) groups is 3. The smallest absolute Gasteiger partial charge is 0.329 e. The van der Waals surface area contributed by atoms with Gasteiger partial charge in [-0.2, -0.15) is 11.8 Å². The summed E-state index contributed by atoms with van der Waals surface area (Å²) >= 11 is 1.52. The average Bonchev–Trinajstić information content (AvgIpc) is 2.71. The molecule has 0 radical (unpaired) electrons. The van der Waals surface area contributed by atoms with Crippen molar-refractivity contribution >= 4 is 35.4 Å². The Hall–Kier alpha value is -3.00. The topological polar surface area (TPSA) is 111 Å². The Labute approximate surface area is 174 Å². The molecule has 2 aromatic carbocycles. The lowest BCUT2D eigenvalue weighted by Gasteiger charge is -2.22. The summed E-state index contributed by atoms with van der Waals surface area (Å²) in [6.45, 7) is 1.95. The fourth-order valence-electron chi connectivity index (χ4n) is 2.60. The van der Waals surface area contributed by atoms with Crippen LogP contribution in [0.4, 0.5) is 10.5 Å². The fourth-order valence-corrected chi connectivity index (χ4v) is 3.07. The minimum Gasteiger partial charge on any atom is -0.446 e. The van der Waals surface area contributed by atoms with Crippen LogP contribution in [0.2, 0.25) is 0 Å². The molecule has 8 heteroatoms. The van der Waals surface area contributed by atoms with Crippen molar-refractivity contribution in [3.8, 4) is 0 Å². The molecule has 4 N–H and O–H groups in total. The molecule has 2 atom stereocenters. The van der Waals surface area contributed by atoms with Gasteiger partial charge in [0.15, 0.2) is 0 Å². The monoisotopic (exact) mass is 415 g/mol. The van der Waals surface area contributed by atoms with E-state index in [4.69, 9.17) is 10.5 Å². The zero-order chi connectivity index (χ0) is 21.2. The Morgan fingerprint density at radius 2 is 1.72 bits per heavy atom. The maximum atomic E-state index is 12.9. The molecule has 0 saturated heterocycles. The third-order valence-corrected chi connectivity index (χ3v) is 4.75. The highest BCUT2D eigenvalue weighted by atomic mass is 32.2. The lowest BCUT2D eigenvalue weighted by atomic mass is 10.1. The summed E-state index contributed by atoms with van der Waals surface area (Å²) in [5, 5.41) is 5.15. The summed E-state index contributed by atoms with van der Waals surface area (Å²) in [6.07, 6.45) is 1.05. The van der Waals surface area contributed by atoms with E-state index in [1.54, 1.807) is 42.5 Å². The molecule has 0 aliphatic heterocycles. The second-order valence-corrected chi connectivity index (χ2v) is 7.41. The van der Waals surface area contributed by atoms with Crippen molar-refractivity contribution in [3.05, 3.63) is 65.7 Å². The highest BCUT2D eigenvalue weighted by molar-refractivity contribution is 7.98. The van der Waals surface area contributed by atoms with Crippen LogP contribution in [0.3, 0.4) is 0 Å². The van der Waals surface area contributed by atoms with Crippen LogP contribution in [0.15, 0.2) is 54.6 Å². The number of thioether (sulfide) groups is 1. The summed E-state index contributed by atoms with van der Waals surface area (Å²) in [4.78, 5) is 36.8. The minimum atomic E-state index is -1.17. The van der Waals surface area contributed by atoms with E-state index in [2.05, 4.69) is 10.6 Å². The van der Waals surface area contributed by atoms with Gasteiger partial charge in [0.05, 0.1) is 0 Å². The van der Waals surface area contributed by atoms with E-state index in [0.29, 0.717) is 23.4 Å². The minimum absolute atomic E-state index is 0.337. The van der Waals surface area contributed by atoms with Crippen molar-refractivity contribution in [1.82, 2.24) is 5.32 Å². The van der Waals surface area contributed by atoms with Gasteiger partial charge in [-0.3, -0.25) is 4.79 Å². The highest BCUT2D eigenvalue weighted by Crippen LogP contribution is 2.21. The maximum absolute atomic E-state index is 12.9. The van der Waals surface area contributed by atoms with E-state index in [9.17, 15) is 14.4 Å². The number of hydrogen-bond acceptors (Lipinski definition) is 5. The number of rotatable bonds is 9. The molecule has 154 valence electrons. The van der Waals surface area contributed by atoms with Crippen LogP contribution < -0.4 is 16.4 Å². The molecule has 0 aromatic heterocycles. The molecular weight excluding hydrogens is 390 g/mol. The highest BCUT2D eigenvalue weighted by Gasteiger charge is 2.29. The first-order chi connectivity index (χ1) is 13.9. The number of esters is 1. The third-order valence-electron chi connectivity index (χ3n) is 4.11. The van der Waals surface area contributed by atoms with Crippen LogP contribution in [0, 0.1) is 6.92 Å². The maximum Gasteiger partial charge on any atom is 0.329 e. The third kappa shape index (κ3) is 7.15. The lowest BCUT2D eigenvalue weighted by molar-refractivity contribution is -0.156. The zero-order valence-electron chi connectivity index (χ0n) is 16.4. The number of carbonyl (C=O) groups excluding carboxylic acids is 3. The van der Waals surface area contributed by atoms with Crippen molar-refractivity contribution in [2.75, 3.05) is 17.3 Å². The van der Waals surface area contributed by atoms with Gasteiger partial charge < -0.3 is 21.1 Å². The van der Waals surface area contributed by atoms with Gasteiger partial charge in [-0.15, -0.1) is 0 Å². The molecule has 0 aliphatic rings. The lowest BCUT2D eigenvalue weighted by Crippen LogP contribution is -2.45. The zero-order valence-corrected chi connectivity index (χ0v) is 17.2. The first kappa shape index (κ1) is 22.3. The Kier molecular flexibility index (Phi) is 8.54. The van der Waals surface area contributed by atoms with Crippen LogP contribution in [-0.4, -0.2) is 36.0 Å². The number of nitrogens with two attached hydrogens (primary N) is 1. The van der Waals surface area contributed by atoms with Crippen LogP contribution in [-0.2, 0) is 14.3 Å². The molecule has 0 fully saturated rings. The summed E-state index contributed by atoms with van der Waals surface area (Å²) in [6, 6.07) is 14.2.